The van der Waals surface area contributed by atoms with Crippen molar-refractivity contribution in [3.63, 3.8) is 0 Å². The van der Waals surface area contributed by atoms with Crippen molar-refractivity contribution in [3.05, 3.63) is 47.7 Å². The molecule has 0 atom stereocenters. The Hall–Kier alpha value is -2.57. The van der Waals surface area contributed by atoms with Gasteiger partial charge in [0.25, 0.3) is 0 Å². The second kappa shape index (κ2) is 6.68. The summed E-state index contributed by atoms with van der Waals surface area (Å²) >= 11 is 0. The van der Waals surface area contributed by atoms with Crippen LogP contribution in [0.1, 0.15) is 23.0 Å². The number of nitrogens with zero attached hydrogens (tertiary/aromatic N) is 1. The van der Waals surface area contributed by atoms with Gasteiger partial charge in [0.05, 0.1) is 25.0 Å². The van der Waals surface area contributed by atoms with E-state index >= 15 is 0 Å². The van der Waals surface area contributed by atoms with Crippen LogP contribution in [-0.4, -0.2) is 24.7 Å². The van der Waals surface area contributed by atoms with Crippen LogP contribution in [0, 0.1) is 0 Å². The van der Waals surface area contributed by atoms with Crippen LogP contribution < -0.4 is 4.74 Å². The Morgan fingerprint density at radius 2 is 1.96 bits per heavy atom. The van der Waals surface area contributed by atoms with Crippen molar-refractivity contribution in [1.29, 1.82) is 0 Å². The first kappa shape index (κ1) is 16.8. The number of hydrogen-bond acceptors (Lipinski definition) is 4. The minimum Gasteiger partial charge on any atom is -0.497 e. The second-order valence-corrected chi connectivity index (χ2v) is 4.54. The zero-order chi connectivity index (χ0) is 17.0. The molecule has 0 spiro atoms. The average Bonchev–Trinajstić information content (AvgIpc) is 2.53. The molecular weight excluding hydrogens is 311 g/mol. The SMILES string of the molecule is CCOC(=O)c1ccc(-c2cccc(OC)c2)nc1C(F)(F)F. The summed E-state index contributed by atoms with van der Waals surface area (Å²) in [6.07, 6.45) is -4.77. The molecule has 1 heterocycles. The van der Waals surface area contributed by atoms with Crippen LogP contribution in [0.4, 0.5) is 13.2 Å². The number of carbonyl (C=O) groups excluding carboxylic acids is 1. The van der Waals surface area contributed by atoms with Gasteiger partial charge in [-0.1, -0.05) is 12.1 Å². The second-order valence-electron chi connectivity index (χ2n) is 4.54. The van der Waals surface area contributed by atoms with Crippen LogP contribution in [0.5, 0.6) is 5.75 Å². The molecule has 0 saturated carbocycles. The minimum atomic E-state index is -4.77. The molecule has 2 rings (SSSR count). The maximum atomic E-state index is 13.2. The van der Waals surface area contributed by atoms with E-state index in [1.807, 2.05) is 0 Å². The van der Waals surface area contributed by atoms with Crippen molar-refractivity contribution in [2.45, 2.75) is 13.1 Å². The summed E-state index contributed by atoms with van der Waals surface area (Å²) in [5, 5.41) is 0. The number of hydrogen-bond donors (Lipinski definition) is 0. The number of alkyl halides is 3. The van der Waals surface area contributed by atoms with Gasteiger partial charge in [-0.2, -0.15) is 13.2 Å². The fourth-order valence-electron chi connectivity index (χ4n) is 1.99. The summed E-state index contributed by atoms with van der Waals surface area (Å²) < 4.78 is 49.3. The molecule has 23 heavy (non-hydrogen) atoms. The molecule has 4 nitrogen and oxygen atoms in total. The van der Waals surface area contributed by atoms with Gasteiger partial charge in [-0.3, -0.25) is 0 Å². The average molecular weight is 325 g/mol. The molecule has 122 valence electrons. The lowest BCUT2D eigenvalue weighted by Gasteiger charge is -2.13. The first-order valence-electron chi connectivity index (χ1n) is 6.76. The van der Waals surface area contributed by atoms with Gasteiger partial charge < -0.3 is 9.47 Å². The first-order valence-corrected chi connectivity index (χ1v) is 6.76. The Kier molecular flexibility index (Phi) is 4.88. The van der Waals surface area contributed by atoms with Crippen molar-refractivity contribution in [2.24, 2.45) is 0 Å². The standard InChI is InChI=1S/C16H14F3NO3/c1-3-23-15(21)12-7-8-13(20-14(12)16(17,18)19)10-5-4-6-11(9-10)22-2/h4-9H,3H2,1-2H3. The fraction of sp³-hybridized carbons (Fsp3) is 0.250. The lowest BCUT2D eigenvalue weighted by Crippen LogP contribution is -2.17. The number of esters is 1. The third-order valence-corrected chi connectivity index (χ3v) is 3.02. The van der Waals surface area contributed by atoms with Crippen molar-refractivity contribution in [1.82, 2.24) is 4.98 Å². The molecule has 2 aromatic rings. The molecule has 0 N–H and O–H groups in total. The van der Waals surface area contributed by atoms with Crippen LogP contribution in [-0.2, 0) is 10.9 Å². The van der Waals surface area contributed by atoms with Gasteiger partial charge in [-0.05, 0) is 31.2 Å². The molecule has 0 aliphatic heterocycles. The largest absolute Gasteiger partial charge is 0.497 e. The highest BCUT2D eigenvalue weighted by Gasteiger charge is 2.38. The zero-order valence-electron chi connectivity index (χ0n) is 12.5. The summed E-state index contributed by atoms with van der Waals surface area (Å²) in [6.45, 7) is 1.50. The van der Waals surface area contributed by atoms with E-state index in [2.05, 4.69) is 9.72 Å². The number of ether oxygens (including phenoxy) is 2. The van der Waals surface area contributed by atoms with Gasteiger partial charge in [0, 0.05) is 5.56 Å². The van der Waals surface area contributed by atoms with Gasteiger partial charge in [-0.25, -0.2) is 9.78 Å². The van der Waals surface area contributed by atoms with Crippen molar-refractivity contribution < 1.29 is 27.4 Å². The number of benzene rings is 1. The Morgan fingerprint density at radius 3 is 2.57 bits per heavy atom. The van der Waals surface area contributed by atoms with Crippen LogP contribution in [0.2, 0.25) is 0 Å². The number of rotatable bonds is 4. The number of halogens is 3. The van der Waals surface area contributed by atoms with Crippen LogP contribution in [0.25, 0.3) is 11.3 Å². The van der Waals surface area contributed by atoms with Crippen LogP contribution in [0.15, 0.2) is 36.4 Å². The molecule has 0 aliphatic carbocycles. The van der Waals surface area contributed by atoms with Gasteiger partial charge in [0.15, 0.2) is 5.69 Å². The maximum absolute atomic E-state index is 13.2. The highest BCUT2D eigenvalue weighted by atomic mass is 19.4. The Morgan fingerprint density at radius 1 is 1.22 bits per heavy atom. The van der Waals surface area contributed by atoms with Crippen molar-refractivity contribution in [3.8, 4) is 17.0 Å². The van der Waals surface area contributed by atoms with E-state index in [0.717, 1.165) is 6.07 Å². The number of aromatic nitrogens is 1. The molecule has 0 fully saturated rings. The predicted octanol–water partition coefficient (Wildman–Crippen LogP) is 3.95. The van der Waals surface area contributed by atoms with E-state index in [-0.39, 0.29) is 12.3 Å². The molecule has 0 amide bonds. The van der Waals surface area contributed by atoms with Crippen molar-refractivity contribution >= 4 is 5.97 Å². The lowest BCUT2D eigenvalue weighted by atomic mass is 10.1. The van der Waals surface area contributed by atoms with E-state index < -0.39 is 23.4 Å². The van der Waals surface area contributed by atoms with Gasteiger partial charge >= 0.3 is 12.1 Å². The number of pyridine rings is 1. The topological polar surface area (TPSA) is 48.4 Å². The Bertz CT molecular complexity index is 714. The predicted molar refractivity (Wildman–Crippen MR) is 77.2 cm³/mol. The van der Waals surface area contributed by atoms with Crippen molar-refractivity contribution in [2.75, 3.05) is 13.7 Å². The van der Waals surface area contributed by atoms with Gasteiger partial charge in [0.2, 0.25) is 0 Å². The molecule has 0 saturated heterocycles. The first-order chi connectivity index (χ1) is 10.9. The molecule has 7 heteroatoms. The molecule has 0 aliphatic rings. The Balaban J connectivity index is 2.54. The highest BCUT2D eigenvalue weighted by molar-refractivity contribution is 5.91. The number of methoxy groups -OCH3 is 1. The molecule has 1 aromatic heterocycles. The van der Waals surface area contributed by atoms with E-state index in [9.17, 15) is 18.0 Å². The summed E-state index contributed by atoms with van der Waals surface area (Å²) in [5.74, 6) is -0.558. The monoisotopic (exact) mass is 325 g/mol. The molecule has 0 radical (unpaired) electrons. The number of carbonyl (C=O) groups is 1. The van der Waals surface area contributed by atoms with E-state index in [1.54, 1.807) is 24.3 Å². The quantitative estimate of drug-likeness (QED) is 0.799. The van der Waals surface area contributed by atoms with E-state index in [1.165, 1.54) is 20.1 Å². The van der Waals surface area contributed by atoms with E-state index in [4.69, 9.17) is 4.74 Å². The van der Waals surface area contributed by atoms with Crippen LogP contribution in [0.3, 0.4) is 0 Å². The summed E-state index contributed by atoms with van der Waals surface area (Å²) in [5.41, 5.74) is -1.34. The molecule has 1 aromatic carbocycles. The fourth-order valence-corrected chi connectivity index (χ4v) is 1.99. The van der Waals surface area contributed by atoms with Gasteiger partial charge in [0.1, 0.15) is 5.75 Å². The van der Waals surface area contributed by atoms with E-state index in [0.29, 0.717) is 11.3 Å². The highest BCUT2D eigenvalue weighted by Crippen LogP contribution is 2.33. The summed E-state index contributed by atoms with van der Waals surface area (Å²) in [4.78, 5) is 15.3. The lowest BCUT2D eigenvalue weighted by molar-refractivity contribution is -0.141. The molecule has 0 unspecified atom stereocenters. The summed E-state index contributed by atoms with van der Waals surface area (Å²) in [7, 11) is 1.46. The normalized spacial score (nSPS) is 11.2. The maximum Gasteiger partial charge on any atom is 0.434 e. The third-order valence-electron chi connectivity index (χ3n) is 3.02. The smallest absolute Gasteiger partial charge is 0.434 e. The zero-order valence-corrected chi connectivity index (χ0v) is 12.5. The van der Waals surface area contributed by atoms with Gasteiger partial charge in [-0.15, -0.1) is 0 Å². The third kappa shape index (κ3) is 3.80. The summed E-state index contributed by atoms with van der Waals surface area (Å²) in [6, 6.07) is 8.89. The Labute approximate surface area is 130 Å². The minimum absolute atomic E-state index is 0.0201. The van der Waals surface area contributed by atoms with Crippen LogP contribution >= 0.6 is 0 Å². The molecule has 0 bridgehead atoms. The molecular formula is C16H14F3NO3.